The summed E-state index contributed by atoms with van der Waals surface area (Å²) >= 11 is 2.10. The number of rotatable bonds is 5. The number of H-pyrrole nitrogens is 1. The van der Waals surface area contributed by atoms with Gasteiger partial charge in [-0.2, -0.15) is 0 Å². The Labute approximate surface area is 157 Å². The minimum Gasteiger partial charge on any atom is -0.489 e. The predicted octanol–water partition coefficient (Wildman–Crippen LogP) is 4.72. The molecule has 1 aromatic carbocycles. The molecule has 3 rings (SSSR count). The summed E-state index contributed by atoms with van der Waals surface area (Å²) < 4.78 is 6.91. The van der Waals surface area contributed by atoms with E-state index in [0.29, 0.717) is 9.49 Å². The van der Waals surface area contributed by atoms with Gasteiger partial charge in [-0.1, -0.05) is 43.7 Å². The van der Waals surface area contributed by atoms with E-state index in [-0.39, 0.29) is 11.7 Å². The van der Waals surface area contributed by atoms with Crippen LogP contribution in [-0.2, 0) is 12.8 Å². The fourth-order valence-corrected chi connectivity index (χ4v) is 3.75. The summed E-state index contributed by atoms with van der Waals surface area (Å²) in [5.41, 5.74) is 2.18. The lowest BCUT2D eigenvalue weighted by Gasteiger charge is -2.29. The Balaban J connectivity index is 1.74. The number of hydrogen-bond donors (Lipinski definition) is 1. The molecule has 3 nitrogen and oxygen atoms in total. The normalized spacial score (nSPS) is 20.8. The van der Waals surface area contributed by atoms with Gasteiger partial charge in [0.2, 0.25) is 0 Å². The molecule has 0 saturated heterocycles. The van der Waals surface area contributed by atoms with E-state index >= 15 is 0 Å². The van der Waals surface area contributed by atoms with Gasteiger partial charge in [0.05, 0.1) is 0 Å². The van der Waals surface area contributed by atoms with Crippen LogP contribution in [0.25, 0.3) is 0 Å². The summed E-state index contributed by atoms with van der Waals surface area (Å²) in [5, 5.41) is 0. The highest BCUT2D eigenvalue weighted by Crippen LogP contribution is 2.29. The number of ether oxygens (including phenoxy) is 1. The van der Waals surface area contributed by atoms with Crippen molar-refractivity contribution in [1.82, 2.24) is 4.98 Å². The lowest BCUT2D eigenvalue weighted by atomic mass is 9.88. The highest BCUT2D eigenvalue weighted by Gasteiger charge is 2.24. The number of nitrogens with one attached hydrogen (secondary N) is 1. The van der Waals surface area contributed by atoms with Crippen LogP contribution in [0.2, 0.25) is 0 Å². The van der Waals surface area contributed by atoms with Crippen molar-refractivity contribution >= 4 is 22.6 Å². The van der Waals surface area contributed by atoms with Crippen molar-refractivity contribution in [3.63, 3.8) is 0 Å². The van der Waals surface area contributed by atoms with Crippen LogP contribution in [0.3, 0.4) is 0 Å². The zero-order valence-corrected chi connectivity index (χ0v) is 16.2. The van der Waals surface area contributed by atoms with Crippen LogP contribution in [-0.4, -0.2) is 11.1 Å². The molecular weight excluding hydrogens is 413 g/mol. The van der Waals surface area contributed by atoms with Crippen molar-refractivity contribution in [3.8, 4) is 5.75 Å². The van der Waals surface area contributed by atoms with Gasteiger partial charge in [0.25, 0.3) is 5.56 Å². The number of aromatic amines is 1. The first-order valence-electron chi connectivity index (χ1n) is 8.76. The molecule has 0 amide bonds. The molecule has 4 heteroatoms. The maximum absolute atomic E-state index is 12.3. The van der Waals surface area contributed by atoms with Gasteiger partial charge in [0, 0.05) is 11.8 Å². The average molecular weight is 437 g/mol. The molecule has 1 aliphatic rings. The predicted molar refractivity (Wildman–Crippen MR) is 106 cm³/mol. The minimum atomic E-state index is -0.0420. The molecular formula is C20H24INO2. The Morgan fingerprint density at radius 3 is 2.67 bits per heavy atom. The first-order chi connectivity index (χ1) is 11.6. The Morgan fingerprint density at radius 1 is 1.17 bits per heavy atom. The molecule has 24 heavy (non-hydrogen) atoms. The van der Waals surface area contributed by atoms with E-state index in [2.05, 4.69) is 46.6 Å². The fourth-order valence-electron chi connectivity index (χ4n) is 3.33. The monoisotopic (exact) mass is 437 g/mol. The first kappa shape index (κ1) is 17.5. The van der Waals surface area contributed by atoms with Gasteiger partial charge in [0.1, 0.15) is 15.4 Å². The van der Waals surface area contributed by atoms with E-state index in [4.69, 9.17) is 4.74 Å². The van der Waals surface area contributed by atoms with Crippen molar-refractivity contribution in [1.29, 1.82) is 0 Å². The van der Waals surface area contributed by atoms with E-state index in [9.17, 15) is 4.79 Å². The molecule has 2 atom stereocenters. The van der Waals surface area contributed by atoms with Crippen LogP contribution in [0.5, 0.6) is 5.75 Å². The van der Waals surface area contributed by atoms with E-state index in [1.54, 1.807) is 0 Å². The van der Waals surface area contributed by atoms with Gasteiger partial charge in [-0.15, -0.1) is 0 Å². The van der Waals surface area contributed by atoms with Crippen molar-refractivity contribution in [2.24, 2.45) is 5.92 Å². The van der Waals surface area contributed by atoms with Gasteiger partial charge in [0.15, 0.2) is 0 Å². The number of hydrogen-bond acceptors (Lipinski definition) is 2. The van der Waals surface area contributed by atoms with E-state index in [1.165, 1.54) is 24.8 Å². The molecule has 0 unspecified atom stereocenters. The molecule has 128 valence electrons. The SMILES string of the molecule is C[C@@H]1CCCC[C@H]1Oc1cc(CCc2ccccc2)[nH]c(=O)c1I. The summed E-state index contributed by atoms with van der Waals surface area (Å²) in [7, 11) is 0. The van der Waals surface area contributed by atoms with Crippen LogP contribution in [0.1, 0.15) is 43.9 Å². The topological polar surface area (TPSA) is 42.1 Å². The van der Waals surface area contributed by atoms with Gasteiger partial charge in [-0.05, 0) is 66.2 Å². The standard InChI is InChI=1S/C20H24INO2/c1-14-7-5-6-10-17(14)24-18-13-16(22-20(23)19(18)21)12-11-15-8-3-2-4-9-15/h2-4,8-9,13-14,17H,5-7,10-12H2,1H3,(H,22,23)/t14-,17-/m1/s1. The second-order valence-corrected chi connectivity index (χ2v) is 7.78. The molecule has 1 fully saturated rings. The third-order valence-corrected chi connectivity index (χ3v) is 5.85. The number of halogens is 1. The number of aromatic nitrogens is 1. The maximum atomic E-state index is 12.3. The molecule has 0 aliphatic heterocycles. The molecule has 0 radical (unpaired) electrons. The Morgan fingerprint density at radius 2 is 1.92 bits per heavy atom. The van der Waals surface area contributed by atoms with E-state index in [1.807, 2.05) is 24.3 Å². The third-order valence-electron chi connectivity index (χ3n) is 4.83. The fraction of sp³-hybridized carbons (Fsp3) is 0.450. The van der Waals surface area contributed by atoms with Gasteiger partial charge >= 0.3 is 0 Å². The van der Waals surface area contributed by atoms with Gasteiger partial charge < -0.3 is 9.72 Å². The quantitative estimate of drug-likeness (QED) is 0.688. The third kappa shape index (κ3) is 4.41. The Kier molecular flexibility index (Phi) is 5.98. The summed E-state index contributed by atoms with van der Waals surface area (Å²) in [6.07, 6.45) is 6.76. The molecule has 1 heterocycles. The summed E-state index contributed by atoms with van der Waals surface area (Å²) in [5.74, 6) is 1.31. The highest BCUT2D eigenvalue weighted by atomic mass is 127. The molecule has 1 aliphatic carbocycles. The first-order valence-corrected chi connectivity index (χ1v) is 9.83. The Hall–Kier alpha value is -1.30. The number of benzene rings is 1. The minimum absolute atomic E-state index is 0.0420. The number of pyridine rings is 1. The van der Waals surface area contributed by atoms with Gasteiger partial charge in [-0.3, -0.25) is 4.79 Å². The zero-order chi connectivity index (χ0) is 16.9. The molecule has 0 spiro atoms. The van der Waals surface area contributed by atoms with Crippen LogP contribution in [0.4, 0.5) is 0 Å². The van der Waals surface area contributed by atoms with Crippen molar-refractivity contribution in [2.45, 2.75) is 51.6 Å². The number of aryl methyl sites for hydroxylation is 2. The highest BCUT2D eigenvalue weighted by molar-refractivity contribution is 14.1. The van der Waals surface area contributed by atoms with Crippen LogP contribution >= 0.6 is 22.6 Å². The average Bonchev–Trinajstić information content (AvgIpc) is 2.60. The lowest BCUT2D eigenvalue weighted by molar-refractivity contribution is 0.101. The summed E-state index contributed by atoms with van der Waals surface area (Å²) in [4.78, 5) is 15.2. The lowest BCUT2D eigenvalue weighted by Crippen LogP contribution is -2.29. The largest absolute Gasteiger partial charge is 0.489 e. The van der Waals surface area contributed by atoms with Crippen LogP contribution in [0.15, 0.2) is 41.2 Å². The maximum Gasteiger partial charge on any atom is 0.265 e. The van der Waals surface area contributed by atoms with Crippen molar-refractivity contribution in [2.75, 3.05) is 0 Å². The second kappa shape index (κ2) is 8.19. The van der Waals surface area contributed by atoms with E-state index in [0.717, 1.165) is 30.7 Å². The molecule has 0 bridgehead atoms. The van der Waals surface area contributed by atoms with E-state index < -0.39 is 0 Å². The molecule has 1 aromatic heterocycles. The zero-order valence-electron chi connectivity index (χ0n) is 14.1. The van der Waals surface area contributed by atoms with Crippen LogP contribution in [0, 0.1) is 9.49 Å². The summed E-state index contributed by atoms with van der Waals surface area (Å²) in [6, 6.07) is 12.4. The summed E-state index contributed by atoms with van der Waals surface area (Å²) in [6.45, 7) is 2.25. The Bertz CT molecular complexity index is 726. The smallest absolute Gasteiger partial charge is 0.265 e. The second-order valence-electron chi connectivity index (χ2n) is 6.71. The molecule has 2 aromatic rings. The molecule has 1 N–H and O–H groups in total. The van der Waals surface area contributed by atoms with Crippen molar-refractivity contribution in [3.05, 3.63) is 61.6 Å². The molecule has 1 saturated carbocycles. The van der Waals surface area contributed by atoms with Crippen LogP contribution < -0.4 is 10.3 Å². The van der Waals surface area contributed by atoms with Gasteiger partial charge in [-0.25, -0.2) is 0 Å². The van der Waals surface area contributed by atoms with Crippen molar-refractivity contribution < 1.29 is 4.74 Å².